The number of hydrogen-bond donors (Lipinski definition) is 1. The maximum Gasteiger partial charge on any atom is 0.0954 e. The van der Waals surface area contributed by atoms with Crippen LogP contribution < -0.4 is 0 Å². The third kappa shape index (κ3) is 3.76. The van der Waals surface area contributed by atoms with Crippen molar-refractivity contribution in [3.8, 4) is 0 Å². The Balaban J connectivity index is 1.21. The molecule has 3 heterocycles. The molecular weight excluding hydrogens is 294 g/mol. The number of hydrogen-bond acceptors (Lipinski definition) is 5. The van der Waals surface area contributed by atoms with Crippen molar-refractivity contribution in [3.63, 3.8) is 0 Å². The Kier molecular flexibility index (Phi) is 4.66. The van der Waals surface area contributed by atoms with Crippen LogP contribution >= 0.6 is 0 Å². The van der Waals surface area contributed by atoms with Crippen molar-refractivity contribution < 1.29 is 14.6 Å². The number of β-amino-alcohol motifs (C(OH)–C–C–N with tert-alkyl or cyclic N) is 1. The van der Waals surface area contributed by atoms with E-state index in [-0.39, 0.29) is 6.10 Å². The molecule has 1 saturated heterocycles. The Morgan fingerprint density at radius 2 is 2.30 bits per heavy atom. The minimum absolute atomic E-state index is 0.228. The number of fused-ring (bicyclic) bond motifs is 1. The summed E-state index contributed by atoms with van der Waals surface area (Å²) in [6.07, 6.45) is 7.63. The van der Waals surface area contributed by atoms with E-state index >= 15 is 0 Å². The fourth-order valence-electron chi connectivity index (χ4n) is 3.67. The van der Waals surface area contributed by atoms with Crippen molar-refractivity contribution in [2.75, 3.05) is 32.9 Å². The smallest absolute Gasteiger partial charge is 0.0954 e. The molecule has 2 atom stereocenters. The van der Waals surface area contributed by atoms with Crippen molar-refractivity contribution in [1.82, 2.24) is 14.5 Å². The molecule has 0 spiro atoms. The van der Waals surface area contributed by atoms with Crippen molar-refractivity contribution in [2.24, 2.45) is 0 Å². The molecule has 1 N–H and O–H groups in total. The molecular formula is C17H27N3O3. The molecule has 6 heteroatoms. The van der Waals surface area contributed by atoms with Gasteiger partial charge < -0.3 is 19.1 Å². The third-order valence-electron chi connectivity index (χ3n) is 5.07. The Morgan fingerprint density at radius 3 is 3.09 bits per heavy atom. The van der Waals surface area contributed by atoms with Crippen molar-refractivity contribution in [2.45, 2.75) is 56.9 Å². The van der Waals surface area contributed by atoms with Gasteiger partial charge in [-0.05, 0) is 25.7 Å². The van der Waals surface area contributed by atoms with Gasteiger partial charge in [0.05, 0.1) is 37.4 Å². The molecule has 128 valence electrons. The number of aromatic nitrogens is 2. The minimum atomic E-state index is -0.441. The highest BCUT2D eigenvalue weighted by molar-refractivity contribution is 5.18. The SMILES string of the molecule is O[C@H](COC[C@@H]1CCCO1)CN1CCc2c(ncn2C2CC2)C1. The Labute approximate surface area is 137 Å². The lowest BCUT2D eigenvalue weighted by atomic mass is 10.1. The highest BCUT2D eigenvalue weighted by Crippen LogP contribution is 2.37. The van der Waals surface area contributed by atoms with Crippen LogP contribution in [-0.4, -0.2) is 64.7 Å². The topological polar surface area (TPSA) is 59.8 Å². The molecule has 0 radical (unpaired) electrons. The molecule has 2 aliphatic heterocycles. The maximum absolute atomic E-state index is 10.2. The minimum Gasteiger partial charge on any atom is -0.389 e. The van der Waals surface area contributed by atoms with E-state index in [9.17, 15) is 5.11 Å². The second-order valence-electron chi connectivity index (χ2n) is 7.09. The van der Waals surface area contributed by atoms with Gasteiger partial charge in [0, 0.05) is 44.4 Å². The van der Waals surface area contributed by atoms with Crippen LogP contribution in [0.4, 0.5) is 0 Å². The van der Waals surface area contributed by atoms with Gasteiger partial charge in [-0.25, -0.2) is 4.98 Å². The molecule has 4 rings (SSSR count). The normalized spacial score (nSPS) is 26.4. The first-order valence-electron chi connectivity index (χ1n) is 8.94. The molecule has 23 heavy (non-hydrogen) atoms. The fraction of sp³-hybridized carbons (Fsp3) is 0.824. The molecule has 2 fully saturated rings. The van der Waals surface area contributed by atoms with Gasteiger partial charge >= 0.3 is 0 Å². The first kappa shape index (κ1) is 15.6. The summed E-state index contributed by atoms with van der Waals surface area (Å²) in [5.41, 5.74) is 2.60. The third-order valence-corrected chi connectivity index (χ3v) is 5.07. The molecule has 1 aliphatic carbocycles. The number of ether oxygens (including phenoxy) is 2. The van der Waals surface area contributed by atoms with E-state index in [1.165, 1.54) is 24.2 Å². The maximum atomic E-state index is 10.2. The Bertz CT molecular complexity index is 523. The van der Waals surface area contributed by atoms with Crippen LogP contribution in [0.2, 0.25) is 0 Å². The van der Waals surface area contributed by atoms with Gasteiger partial charge in [0.2, 0.25) is 0 Å². The molecule has 1 saturated carbocycles. The first-order valence-corrected chi connectivity index (χ1v) is 8.94. The molecule has 0 unspecified atom stereocenters. The standard InChI is InChI=1S/C17H27N3O3/c21-14(10-22-11-15-2-1-7-23-15)8-19-6-5-17-16(9-19)18-12-20(17)13-3-4-13/h12-15,21H,1-11H2/t14-,15-/m0/s1. The fourth-order valence-corrected chi connectivity index (χ4v) is 3.67. The average Bonchev–Trinajstić information content (AvgIpc) is 3.09. The lowest BCUT2D eigenvalue weighted by Gasteiger charge is -2.29. The second-order valence-corrected chi connectivity index (χ2v) is 7.09. The summed E-state index contributed by atoms with van der Waals surface area (Å²) in [5, 5.41) is 10.2. The summed E-state index contributed by atoms with van der Waals surface area (Å²) in [7, 11) is 0. The summed E-state index contributed by atoms with van der Waals surface area (Å²) >= 11 is 0. The highest BCUT2D eigenvalue weighted by Gasteiger charge is 2.29. The zero-order chi connectivity index (χ0) is 15.6. The van der Waals surface area contributed by atoms with E-state index in [0.29, 0.717) is 25.8 Å². The van der Waals surface area contributed by atoms with Crippen LogP contribution in [0.1, 0.15) is 43.1 Å². The van der Waals surface area contributed by atoms with Crippen molar-refractivity contribution in [1.29, 1.82) is 0 Å². The monoisotopic (exact) mass is 321 g/mol. The van der Waals surface area contributed by atoms with Gasteiger partial charge in [-0.15, -0.1) is 0 Å². The van der Waals surface area contributed by atoms with Gasteiger partial charge in [-0.2, -0.15) is 0 Å². The summed E-state index contributed by atoms with van der Waals surface area (Å²) in [4.78, 5) is 6.87. The van der Waals surface area contributed by atoms with E-state index in [1.54, 1.807) is 0 Å². The quantitative estimate of drug-likeness (QED) is 0.816. The van der Waals surface area contributed by atoms with Gasteiger partial charge in [0.15, 0.2) is 0 Å². The van der Waals surface area contributed by atoms with Crippen LogP contribution in [0.5, 0.6) is 0 Å². The summed E-state index contributed by atoms with van der Waals surface area (Å²) in [6, 6.07) is 0.703. The van der Waals surface area contributed by atoms with Gasteiger partial charge in [-0.3, -0.25) is 4.90 Å². The van der Waals surface area contributed by atoms with Crippen LogP contribution in [0, 0.1) is 0 Å². The lowest BCUT2D eigenvalue weighted by Crippen LogP contribution is -2.39. The summed E-state index contributed by atoms with van der Waals surface area (Å²) in [5.74, 6) is 0. The molecule has 0 aromatic carbocycles. The summed E-state index contributed by atoms with van der Waals surface area (Å²) in [6.45, 7) is 4.33. The number of nitrogens with zero attached hydrogens (tertiary/aromatic N) is 3. The largest absolute Gasteiger partial charge is 0.389 e. The molecule has 1 aromatic rings. The molecule has 6 nitrogen and oxygen atoms in total. The predicted octanol–water partition coefficient (Wildman–Crippen LogP) is 1.13. The predicted molar refractivity (Wildman–Crippen MR) is 85.3 cm³/mol. The Morgan fingerprint density at radius 1 is 1.39 bits per heavy atom. The van der Waals surface area contributed by atoms with Gasteiger partial charge in [0.1, 0.15) is 0 Å². The number of imidazole rings is 1. The van der Waals surface area contributed by atoms with E-state index in [1.807, 2.05) is 6.33 Å². The van der Waals surface area contributed by atoms with Gasteiger partial charge in [-0.1, -0.05) is 0 Å². The van der Waals surface area contributed by atoms with Crippen molar-refractivity contribution >= 4 is 0 Å². The van der Waals surface area contributed by atoms with E-state index < -0.39 is 6.10 Å². The van der Waals surface area contributed by atoms with Crippen LogP contribution in [0.15, 0.2) is 6.33 Å². The number of aliphatic hydroxyl groups excluding tert-OH is 1. The zero-order valence-electron chi connectivity index (χ0n) is 13.7. The van der Waals surface area contributed by atoms with E-state index in [4.69, 9.17) is 9.47 Å². The summed E-state index contributed by atoms with van der Waals surface area (Å²) < 4.78 is 13.5. The van der Waals surface area contributed by atoms with Gasteiger partial charge in [0.25, 0.3) is 0 Å². The highest BCUT2D eigenvalue weighted by atomic mass is 16.5. The van der Waals surface area contributed by atoms with E-state index in [0.717, 1.165) is 39.0 Å². The molecule has 0 bridgehead atoms. The first-order chi connectivity index (χ1) is 11.3. The zero-order valence-corrected chi connectivity index (χ0v) is 13.7. The Hall–Kier alpha value is -0.950. The van der Waals surface area contributed by atoms with Crippen LogP contribution in [0.3, 0.4) is 0 Å². The van der Waals surface area contributed by atoms with Crippen LogP contribution in [-0.2, 0) is 22.4 Å². The molecule has 1 aromatic heterocycles. The van der Waals surface area contributed by atoms with E-state index in [2.05, 4.69) is 14.5 Å². The number of aliphatic hydroxyl groups is 1. The number of rotatable bonds is 7. The van der Waals surface area contributed by atoms with Crippen molar-refractivity contribution in [3.05, 3.63) is 17.7 Å². The van der Waals surface area contributed by atoms with Crippen LogP contribution in [0.25, 0.3) is 0 Å². The lowest BCUT2D eigenvalue weighted by molar-refractivity contribution is -0.0262. The second kappa shape index (κ2) is 6.89. The average molecular weight is 321 g/mol. The molecule has 0 amide bonds. The molecule has 3 aliphatic rings.